The number of ether oxygens (including phenoxy) is 2. The van der Waals surface area contributed by atoms with E-state index in [0.29, 0.717) is 22.4 Å². The Morgan fingerprint density at radius 1 is 1.11 bits per heavy atom. The van der Waals surface area contributed by atoms with Crippen LogP contribution in [0.4, 0.5) is 5.69 Å². The highest BCUT2D eigenvalue weighted by Gasteiger charge is 2.15. The molecule has 1 heterocycles. The van der Waals surface area contributed by atoms with Gasteiger partial charge in [-0.3, -0.25) is 14.2 Å². The number of nitrogens with zero attached hydrogens (tertiary/aromatic N) is 1. The summed E-state index contributed by atoms with van der Waals surface area (Å²) in [5.41, 5.74) is 1.84. The maximum atomic E-state index is 12.6. The summed E-state index contributed by atoms with van der Waals surface area (Å²) in [6.07, 6.45) is 0. The van der Waals surface area contributed by atoms with Crippen LogP contribution in [0.2, 0.25) is 0 Å². The van der Waals surface area contributed by atoms with Crippen molar-refractivity contribution in [3.8, 4) is 11.5 Å². The molecule has 0 saturated heterocycles. The Morgan fingerprint density at radius 3 is 2.50 bits per heavy atom. The van der Waals surface area contributed by atoms with Gasteiger partial charge in [0.2, 0.25) is 0 Å². The van der Waals surface area contributed by atoms with E-state index in [1.165, 1.54) is 32.2 Å². The van der Waals surface area contributed by atoms with Gasteiger partial charge in [-0.2, -0.15) is 0 Å². The molecular weight excluding hydrogens is 364 g/mol. The van der Waals surface area contributed by atoms with E-state index >= 15 is 0 Å². The Balaban J connectivity index is 1.86. The number of fused-ring (bicyclic) bond motifs is 1. The molecule has 28 heavy (non-hydrogen) atoms. The monoisotopic (exact) mass is 384 g/mol. The lowest BCUT2D eigenvalue weighted by Gasteiger charge is -2.10. The van der Waals surface area contributed by atoms with Crippen molar-refractivity contribution in [2.24, 2.45) is 0 Å². The molecule has 1 amide bonds. The van der Waals surface area contributed by atoms with E-state index in [4.69, 9.17) is 13.9 Å². The van der Waals surface area contributed by atoms with Gasteiger partial charge in [0.05, 0.1) is 12.6 Å². The summed E-state index contributed by atoms with van der Waals surface area (Å²) in [6, 6.07) is 9.44. The van der Waals surface area contributed by atoms with E-state index < -0.39 is 17.6 Å². The van der Waals surface area contributed by atoms with Gasteiger partial charge in [0.15, 0.2) is 17.1 Å². The summed E-state index contributed by atoms with van der Waals surface area (Å²) in [4.78, 5) is 35.7. The molecule has 0 spiro atoms. The van der Waals surface area contributed by atoms with Crippen LogP contribution in [0.3, 0.4) is 0 Å². The summed E-state index contributed by atoms with van der Waals surface area (Å²) < 4.78 is 17.0. The second-order valence-corrected chi connectivity index (χ2v) is 6.43. The quantitative estimate of drug-likeness (QED) is 0.535. The van der Waals surface area contributed by atoms with Crippen LogP contribution in [0, 0.1) is 0 Å². The third-order valence-corrected chi connectivity index (χ3v) is 4.07. The lowest BCUT2D eigenvalue weighted by atomic mass is 10.1. The van der Waals surface area contributed by atoms with E-state index in [2.05, 4.69) is 5.32 Å². The highest BCUT2D eigenvalue weighted by molar-refractivity contribution is 6.05. The number of nitrogens with one attached hydrogen (secondary N) is 1. The molecule has 0 aliphatic rings. The maximum absolute atomic E-state index is 12.6. The minimum Gasteiger partial charge on any atom is -0.493 e. The molecule has 0 aliphatic carbocycles. The Hall–Kier alpha value is -3.55. The van der Waals surface area contributed by atoms with Gasteiger partial charge in [0, 0.05) is 30.3 Å². The molecule has 3 aromatic rings. The van der Waals surface area contributed by atoms with Crippen LogP contribution in [0.1, 0.15) is 37.2 Å². The first-order chi connectivity index (χ1) is 13.3. The highest BCUT2D eigenvalue weighted by atomic mass is 16.6. The zero-order valence-corrected chi connectivity index (χ0v) is 15.9. The molecule has 146 valence electrons. The number of oxazole rings is 1. The number of rotatable bonds is 5. The minimum atomic E-state index is -0.487. The van der Waals surface area contributed by atoms with Crippen molar-refractivity contribution >= 4 is 28.7 Å². The van der Waals surface area contributed by atoms with Gasteiger partial charge < -0.3 is 19.2 Å². The van der Waals surface area contributed by atoms with Crippen LogP contribution in [0.25, 0.3) is 11.1 Å². The third kappa shape index (κ3) is 3.75. The van der Waals surface area contributed by atoms with Crippen LogP contribution in [-0.4, -0.2) is 23.6 Å². The molecule has 8 nitrogen and oxygen atoms in total. The predicted molar refractivity (Wildman–Crippen MR) is 103 cm³/mol. The van der Waals surface area contributed by atoms with Gasteiger partial charge in [0.1, 0.15) is 0 Å². The molecule has 1 aromatic heterocycles. The molecule has 0 radical (unpaired) electrons. The number of hydrogen-bond donors (Lipinski definition) is 1. The van der Waals surface area contributed by atoms with Crippen LogP contribution >= 0.6 is 0 Å². The van der Waals surface area contributed by atoms with Gasteiger partial charge in [-0.15, -0.1) is 0 Å². The number of aromatic nitrogens is 1. The van der Waals surface area contributed by atoms with E-state index in [1.54, 1.807) is 22.8 Å². The van der Waals surface area contributed by atoms with Crippen LogP contribution in [-0.2, 0) is 4.79 Å². The average molecular weight is 384 g/mol. The summed E-state index contributed by atoms with van der Waals surface area (Å²) in [7, 11) is 1.42. The molecule has 0 atom stereocenters. The van der Waals surface area contributed by atoms with Gasteiger partial charge in [-0.05, 0) is 44.2 Å². The van der Waals surface area contributed by atoms with E-state index in [-0.39, 0.29) is 17.5 Å². The van der Waals surface area contributed by atoms with Crippen molar-refractivity contribution in [2.45, 2.75) is 26.8 Å². The smallest absolute Gasteiger partial charge is 0.420 e. The van der Waals surface area contributed by atoms with Crippen molar-refractivity contribution < 1.29 is 23.5 Å². The Morgan fingerprint density at radius 2 is 1.86 bits per heavy atom. The van der Waals surface area contributed by atoms with Gasteiger partial charge in [-0.25, -0.2) is 4.79 Å². The van der Waals surface area contributed by atoms with Gasteiger partial charge in [-0.1, -0.05) is 0 Å². The molecule has 0 bridgehead atoms. The number of carbonyl (C=O) groups excluding carboxylic acids is 2. The number of amides is 1. The fourth-order valence-corrected chi connectivity index (χ4v) is 2.85. The van der Waals surface area contributed by atoms with Crippen molar-refractivity contribution in [2.75, 3.05) is 12.4 Å². The number of hydrogen-bond acceptors (Lipinski definition) is 6. The fourth-order valence-electron chi connectivity index (χ4n) is 2.85. The Kier molecular flexibility index (Phi) is 5.21. The average Bonchev–Trinajstić information content (AvgIpc) is 2.96. The second kappa shape index (κ2) is 7.59. The zero-order valence-electron chi connectivity index (χ0n) is 15.9. The van der Waals surface area contributed by atoms with Crippen molar-refractivity contribution in [3.63, 3.8) is 0 Å². The molecule has 3 rings (SSSR count). The lowest BCUT2D eigenvalue weighted by Crippen LogP contribution is -2.15. The third-order valence-electron chi connectivity index (χ3n) is 4.07. The van der Waals surface area contributed by atoms with Crippen LogP contribution in [0.5, 0.6) is 11.5 Å². The number of anilines is 1. The summed E-state index contributed by atoms with van der Waals surface area (Å²) in [5, 5.41) is 2.75. The summed E-state index contributed by atoms with van der Waals surface area (Å²) in [6.45, 7) is 5.05. The second-order valence-electron chi connectivity index (χ2n) is 6.43. The maximum Gasteiger partial charge on any atom is 0.420 e. The fraction of sp³-hybridized carbons (Fsp3) is 0.250. The van der Waals surface area contributed by atoms with Crippen molar-refractivity contribution in [3.05, 3.63) is 52.5 Å². The first-order valence-corrected chi connectivity index (χ1v) is 8.63. The van der Waals surface area contributed by atoms with Crippen LogP contribution in [0.15, 0.2) is 45.6 Å². The lowest BCUT2D eigenvalue weighted by molar-refractivity contribution is -0.132. The molecule has 0 saturated carbocycles. The number of methoxy groups -OCH3 is 1. The minimum absolute atomic E-state index is 0.0441. The summed E-state index contributed by atoms with van der Waals surface area (Å²) in [5.74, 6) is -0.835. The molecular formula is C20H20N2O6. The highest BCUT2D eigenvalue weighted by Crippen LogP contribution is 2.29. The van der Waals surface area contributed by atoms with Gasteiger partial charge >= 0.3 is 11.7 Å². The van der Waals surface area contributed by atoms with E-state index in [0.717, 1.165) is 0 Å². The number of carbonyl (C=O) groups is 2. The van der Waals surface area contributed by atoms with Crippen molar-refractivity contribution in [1.29, 1.82) is 0 Å². The zero-order chi connectivity index (χ0) is 20.4. The van der Waals surface area contributed by atoms with E-state index in [1.807, 2.05) is 13.8 Å². The van der Waals surface area contributed by atoms with Crippen LogP contribution < -0.4 is 20.5 Å². The standard InChI is InChI=1S/C20H20N2O6/c1-11(2)22-15-7-6-14(10-17(15)28-20(22)25)21-19(24)13-5-8-16(27-12(3)23)18(9-13)26-4/h5-11H,1-4H3,(H,21,24). The Bertz CT molecular complexity index is 1110. The molecule has 0 unspecified atom stereocenters. The Labute approximate surface area is 160 Å². The topological polar surface area (TPSA) is 99.8 Å². The first kappa shape index (κ1) is 19.2. The van der Waals surface area contributed by atoms with Gasteiger partial charge in [0.25, 0.3) is 5.91 Å². The molecule has 8 heteroatoms. The SMILES string of the molecule is COc1cc(C(=O)Nc2ccc3c(c2)oc(=O)n3C(C)C)ccc1OC(C)=O. The molecule has 0 fully saturated rings. The largest absolute Gasteiger partial charge is 0.493 e. The number of esters is 1. The first-order valence-electron chi connectivity index (χ1n) is 8.63. The molecule has 1 N–H and O–H groups in total. The van der Waals surface area contributed by atoms with E-state index in [9.17, 15) is 14.4 Å². The normalized spacial score (nSPS) is 10.9. The summed E-state index contributed by atoms with van der Waals surface area (Å²) >= 11 is 0. The number of benzene rings is 2. The predicted octanol–water partition coefficient (Wildman–Crippen LogP) is 3.36. The molecule has 0 aliphatic heterocycles. The molecule has 2 aromatic carbocycles. The van der Waals surface area contributed by atoms with Crippen molar-refractivity contribution in [1.82, 2.24) is 4.57 Å².